The molecule has 17 heavy (non-hydrogen) atoms. The van der Waals surface area contributed by atoms with Crippen LogP contribution in [-0.2, 0) is 6.54 Å². The Kier molecular flexibility index (Phi) is 4.25. The van der Waals surface area contributed by atoms with E-state index in [4.69, 9.17) is 0 Å². The Bertz CT molecular complexity index is 458. The summed E-state index contributed by atoms with van der Waals surface area (Å²) < 4.78 is 13.4. The molecule has 0 radical (unpaired) electrons. The second-order valence-corrected chi connectivity index (χ2v) is 4.78. The third-order valence-corrected chi connectivity index (χ3v) is 3.36. The predicted octanol–water partition coefficient (Wildman–Crippen LogP) is 2.71. The van der Waals surface area contributed by atoms with Crippen LogP contribution in [-0.4, -0.2) is 11.7 Å². The van der Waals surface area contributed by atoms with E-state index in [-0.39, 0.29) is 5.82 Å². The van der Waals surface area contributed by atoms with Gasteiger partial charge in [0.25, 0.3) is 0 Å². The van der Waals surface area contributed by atoms with Gasteiger partial charge in [-0.3, -0.25) is 0 Å². The number of benzene rings is 1. The number of aliphatic hydroxyl groups excluding tert-OH is 1. The highest BCUT2D eigenvalue weighted by Gasteiger charge is 2.11. The fourth-order valence-electron chi connectivity index (χ4n) is 1.60. The molecule has 2 rings (SSSR count). The maximum atomic E-state index is 13.4. The maximum absolute atomic E-state index is 13.4. The standard InChI is InChI=1S/C13H14FNOS/c14-12-6-2-1-5-11(12)13(16)9-15-8-10-4-3-7-17-10/h1-7,13,15-16H,8-9H2. The van der Waals surface area contributed by atoms with E-state index in [2.05, 4.69) is 5.32 Å². The Morgan fingerprint density at radius 1 is 1.24 bits per heavy atom. The van der Waals surface area contributed by atoms with E-state index in [1.807, 2.05) is 17.5 Å². The van der Waals surface area contributed by atoms with E-state index in [0.29, 0.717) is 18.7 Å². The van der Waals surface area contributed by atoms with Gasteiger partial charge in [0.2, 0.25) is 0 Å². The molecule has 1 aromatic carbocycles. The van der Waals surface area contributed by atoms with E-state index in [1.54, 1.807) is 29.5 Å². The Hall–Kier alpha value is -1.23. The Morgan fingerprint density at radius 2 is 2.06 bits per heavy atom. The number of thiophene rings is 1. The van der Waals surface area contributed by atoms with Gasteiger partial charge in [0.15, 0.2) is 0 Å². The number of hydrogen-bond donors (Lipinski definition) is 2. The highest BCUT2D eigenvalue weighted by molar-refractivity contribution is 7.09. The highest BCUT2D eigenvalue weighted by atomic mass is 32.1. The third-order valence-electron chi connectivity index (χ3n) is 2.48. The van der Waals surface area contributed by atoms with Crippen molar-refractivity contribution in [3.8, 4) is 0 Å². The summed E-state index contributed by atoms with van der Waals surface area (Å²) in [6, 6.07) is 10.3. The van der Waals surface area contributed by atoms with Gasteiger partial charge in [-0.2, -0.15) is 0 Å². The topological polar surface area (TPSA) is 32.3 Å². The molecule has 1 unspecified atom stereocenters. The zero-order valence-electron chi connectivity index (χ0n) is 9.27. The molecule has 4 heteroatoms. The fourth-order valence-corrected chi connectivity index (χ4v) is 2.28. The van der Waals surface area contributed by atoms with Crippen LogP contribution in [0.2, 0.25) is 0 Å². The van der Waals surface area contributed by atoms with Gasteiger partial charge in [-0.15, -0.1) is 11.3 Å². The van der Waals surface area contributed by atoms with Gasteiger partial charge in [-0.1, -0.05) is 24.3 Å². The summed E-state index contributed by atoms with van der Waals surface area (Å²) in [6.07, 6.45) is -0.809. The van der Waals surface area contributed by atoms with Gasteiger partial charge in [-0.05, 0) is 17.5 Å². The summed E-state index contributed by atoms with van der Waals surface area (Å²) in [4.78, 5) is 1.20. The van der Waals surface area contributed by atoms with E-state index >= 15 is 0 Å². The van der Waals surface area contributed by atoms with Gasteiger partial charge in [-0.25, -0.2) is 4.39 Å². The molecule has 90 valence electrons. The molecular weight excluding hydrogens is 237 g/mol. The second-order valence-electron chi connectivity index (χ2n) is 3.75. The maximum Gasteiger partial charge on any atom is 0.129 e. The second kappa shape index (κ2) is 5.91. The number of aliphatic hydroxyl groups is 1. The largest absolute Gasteiger partial charge is 0.387 e. The van der Waals surface area contributed by atoms with Gasteiger partial charge in [0.05, 0.1) is 6.10 Å². The summed E-state index contributed by atoms with van der Waals surface area (Å²) in [6.45, 7) is 1.04. The Morgan fingerprint density at radius 3 is 2.76 bits per heavy atom. The third kappa shape index (κ3) is 3.36. The fraction of sp³-hybridized carbons (Fsp3) is 0.231. The quantitative estimate of drug-likeness (QED) is 0.856. The van der Waals surface area contributed by atoms with Crippen molar-refractivity contribution in [3.63, 3.8) is 0 Å². The molecule has 2 N–H and O–H groups in total. The molecular formula is C13H14FNOS. The number of nitrogens with one attached hydrogen (secondary N) is 1. The molecule has 2 nitrogen and oxygen atoms in total. The van der Waals surface area contributed by atoms with Crippen LogP contribution in [0.15, 0.2) is 41.8 Å². The first kappa shape index (κ1) is 12.2. The smallest absolute Gasteiger partial charge is 0.129 e. The molecule has 0 spiro atoms. The van der Waals surface area contributed by atoms with Gasteiger partial charge in [0, 0.05) is 23.5 Å². The number of hydrogen-bond acceptors (Lipinski definition) is 3. The van der Waals surface area contributed by atoms with Crippen LogP contribution in [0.25, 0.3) is 0 Å². The van der Waals surface area contributed by atoms with Crippen molar-refractivity contribution in [2.45, 2.75) is 12.6 Å². The molecule has 2 aromatic rings. The summed E-state index contributed by atoms with van der Waals surface area (Å²) in [5, 5.41) is 14.9. The first-order valence-corrected chi connectivity index (χ1v) is 6.31. The van der Waals surface area contributed by atoms with E-state index in [9.17, 15) is 9.50 Å². The first-order valence-electron chi connectivity index (χ1n) is 5.43. The summed E-state index contributed by atoms with van der Waals surface area (Å²) in [7, 11) is 0. The Labute approximate surface area is 104 Å². The van der Waals surface area contributed by atoms with Gasteiger partial charge < -0.3 is 10.4 Å². The molecule has 0 bridgehead atoms. The number of halogens is 1. The van der Waals surface area contributed by atoms with Crippen LogP contribution in [0.4, 0.5) is 4.39 Å². The molecule has 0 aliphatic rings. The van der Waals surface area contributed by atoms with Crippen LogP contribution in [0.3, 0.4) is 0 Å². The molecule has 0 amide bonds. The van der Waals surface area contributed by atoms with Gasteiger partial charge >= 0.3 is 0 Å². The van der Waals surface area contributed by atoms with Crippen molar-refractivity contribution in [1.82, 2.24) is 5.32 Å². The monoisotopic (exact) mass is 251 g/mol. The van der Waals surface area contributed by atoms with Crippen LogP contribution >= 0.6 is 11.3 Å². The van der Waals surface area contributed by atoms with Crippen LogP contribution < -0.4 is 5.32 Å². The van der Waals surface area contributed by atoms with Crippen LogP contribution in [0.5, 0.6) is 0 Å². The zero-order valence-corrected chi connectivity index (χ0v) is 10.1. The number of rotatable bonds is 5. The minimum Gasteiger partial charge on any atom is -0.387 e. The van der Waals surface area contributed by atoms with Crippen LogP contribution in [0, 0.1) is 5.82 Å². The first-order chi connectivity index (χ1) is 8.27. The van der Waals surface area contributed by atoms with Gasteiger partial charge in [0.1, 0.15) is 5.82 Å². The van der Waals surface area contributed by atoms with Crippen molar-refractivity contribution < 1.29 is 9.50 Å². The minimum absolute atomic E-state index is 0.339. The summed E-state index contributed by atoms with van der Waals surface area (Å²) in [5.41, 5.74) is 0.339. The zero-order chi connectivity index (χ0) is 12.1. The molecule has 0 fully saturated rings. The lowest BCUT2D eigenvalue weighted by atomic mass is 10.1. The van der Waals surface area contributed by atoms with E-state index in [1.165, 1.54) is 10.9 Å². The molecule has 1 heterocycles. The van der Waals surface area contributed by atoms with Crippen molar-refractivity contribution >= 4 is 11.3 Å². The molecule has 0 aliphatic carbocycles. The van der Waals surface area contributed by atoms with Crippen molar-refractivity contribution in [3.05, 3.63) is 58.0 Å². The SMILES string of the molecule is OC(CNCc1cccs1)c1ccccc1F. The van der Waals surface area contributed by atoms with E-state index in [0.717, 1.165) is 0 Å². The summed E-state index contributed by atoms with van der Waals surface area (Å²) in [5.74, 6) is -0.363. The lowest BCUT2D eigenvalue weighted by Gasteiger charge is -2.12. The average Bonchev–Trinajstić information content (AvgIpc) is 2.82. The molecule has 0 saturated heterocycles. The van der Waals surface area contributed by atoms with Crippen molar-refractivity contribution in [1.29, 1.82) is 0 Å². The normalized spacial score (nSPS) is 12.6. The lowest BCUT2D eigenvalue weighted by Crippen LogP contribution is -2.21. The van der Waals surface area contributed by atoms with Crippen molar-refractivity contribution in [2.75, 3.05) is 6.54 Å². The predicted molar refractivity (Wildman–Crippen MR) is 67.4 cm³/mol. The molecule has 0 aliphatic heterocycles. The summed E-state index contributed by atoms with van der Waals surface area (Å²) >= 11 is 1.66. The lowest BCUT2D eigenvalue weighted by molar-refractivity contribution is 0.170. The molecule has 1 aromatic heterocycles. The Balaban J connectivity index is 1.85. The minimum atomic E-state index is -0.809. The van der Waals surface area contributed by atoms with Crippen molar-refractivity contribution in [2.24, 2.45) is 0 Å². The average molecular weight is 251 g/mol. The van der Waals surface area contributed by atoms with E-state index < -0.39 is 6.10 Å². The van der Waals surface area contributed by atoms with Crippen LogP contribution in [0.1, 0.15) is 16.5 Å². The molecule has 1 atom stereocenters. The highest BCUT2D eigenvalue weighted by Crippen LogP contribution is 2.16. The molecule has 0 saturated carbocycles.